The van der Waals surface area contributed by atoms with Gasteiger partial charge in [0.2, 0.25) is 0 Å². The summed E-state index contributed by atoms with van der Waals surface area (Å²) in [6.45, 7) is 0.567. The maximum absolute atomic E-state index is 12.8. The molecule has 4 aromatic rings. The molecule has 0 radical (unpaired) electrons. The van der Waals surface area contributed by atoms with E-state index in [-0.39, 0.29) is 20.2 Å². The Labute approximate surface area is 181 Å². The lowest BCUT2D eigenvalue weighted by atomic mass is 10.1. The van der Waals surface area contributed by atoms with Crippen LogP contribution in [0.25, 0.3) is 28.1 Å². The topological polar surface area (TPSA) is 136 Å². The van der Waals surface area contributed by atoms with Gasteiger partial charge in [-0.1, -0.05) is 18.2 Å². The molecule has 1 aliphatic heterocycles. The number of rotatable bonds is 4. The molecule has 1 aromatic carbocycles. The Hall–Kier alpha value is -3.57. The molecule has 11 heteroatoms. The first-order valence-electron chi connectivity index (χ1n) is 9.67. The van der Waals surface area contributed by atoms with Gasteiger partial charge in [0.1, 0.15) is 5.69 Å². The third kappa shape index (κ3) is 3.47. The van der Waals surface area contributed by atoms with E-state index >= 15 is 0 Å². The zero-order valence-corrected chi connectivity index (χ0v) is 17.5. The minimum absolute atomic E-state index is 0. The number of aromatic nitrogens is 6. The van der Waals surface area contributed by atoms with E-state index in [1.165, 1.54) is 16.8 Å². The molecule has 0 unspecified atom stereocenters. The van der Waals surface area contributed by atoms with Crippen LogP contribution in [0.4, 0.5) is 5.82 Å². The highest BCUT2D eigenvalue weighted by atomic mass is 32.2. The number of nitrogen functional groups attached to an aromatic ring is 1. The van der Waals surface area contributed by atoms with Crippen LogP contribution in [0.3, 0.4) is 0 Å². The number of nitrogens with zero attached hydrogens (tertiary/aromatic N) is 6. The molecule has 0 fully saturated rings. The SMILES string of the molecule is Cn1cnc(S(=O)(=O)N2CC=C(c3cnc(N)c(-c4nc5ccccc5[nH]4)n3)CC2)c1.[HH].[HH]. The van der Waals surface area contributed by atoms with Crippen LogP contribution >= 0.6 is 0 Å². The van der Waals surface area contributed by atoms with Gasteiger partial charge in [-0.05, 0) is 24.1 Å². The number of nitrogens with one attached hydrogen (secondary N) is 1. The second-order valence-corrected chi connectivity index (χ2v) is 9.20. The van der Waals surface area contributed by atoms with Crippen LogP contribution in [0, 0.1) is 0 Å². The molecule has 31 heavy (non-hydrogen) atoms. The third-order valence-electron chi connectivity index (χ3n) is 5.20. The van der Waals surface area contributed by atoms with Gasteiger partial charge < -0.3 is 15.3 Å². The summed E-state index contributed by atoms with van der Waals surface area (Å²) in [6, 6.07) is 7.67. The summed E-state index contributed by atoms with van der Waals surface area (Å²) in [4.78, 5) is 20.7. The fourth-order valence-corrected chi connectivity index (χ4v) is 4.89. The Kier molecular flexibility index (Phi) is 4.56. The second kappa shape index (κ2) is 7.29. The van der Waals surface area contributed by atoms with Crippen molar-refractivity contribution < 1.29 is 11.3 Å². The minimum Gasteiger partial charge on any atom is -0.382 e. The van der Waals surface area contributed by atoms with Crippen LogP contribution in [0.2, 0.25) is 0 Å². The van der Waals surface area contributed by atoms with Crippen LogP contribution in [0.15, 0.2) is 54.1 Å². The molecular weight excluding hydrogens is 416 g/mol. The Morgan fingerprint density at radius 1 is 1.19 bits per heavy atom. The average Bonchev–Trinajstić information content (AvgIpc) is 3.41. The van der Waals surface area contributed by atoms with Gasteiger partial charge in [0.05, 0.1) is 29.3 Å². The summed E-state index contributed by atoms with van der Waals surface area (Å²) in [6.07, 6.45) is 6.94. The van der Waals surface area contributed by atoms with Crippen LogP contribution in [0.5, 0.6) is 0 Å². The highest BCUT2D eigenvalue weighted by Crippen LogP contribution is 2.28. The number of nitrogens with two attached hydrogens (primary N) is 1. The Bertz CT molecular complexity index is 1400. The molecule has 0 amide bonds. The van der Waals surface area contributed by atoms with Crippen molar-refractivity contribution in [3.8, 4) is 11.5 Å². The number of hydrogen-bond acceptors (Lipinski definition) is 7. The zero-order valence-electron chi connectivity index (χ0n) is 16.7. The number of H-pyrrole nitrogens is 1. The quantitative estimate of drug-likeness (QED) is 0.497. The van der Waals surface area contributed by atoms with Gasteiger partial charge in [0.25, 0.3) is 10.0 Å². The van der Waals surface area contributed by atoms with Crippen molar-refractivity contribution in [3.05, 3.63) is 54.8 Å². The summed E-state index contributed by atoms with van der Waals surface area (Å²) < 4.78 is 28.6. The minimum atomic E-state index is -3.63. The molecule has 4 heterocycles. The van der Waals surface area contributed by atoms with Gasteiger partial charge in [-0.15, -0.1) is 0 Å². The van der Waals surface area contributed by atoms with Gasteiger partial charge in [0, 0.05) is 29.2 Å². The molecule has 0 aliphatic carbocycles. The van der Waals surface area contributed by atoms with E-state index < -0.39 is 10.0 Å². The van der Waals surface area contributed by atoms with Crippen LogP contribution in [-0.2, 0) is 17.1 Å². The van der Waals surface area contributed by atoms with Crippen molar-refractivity contribution in [2.45, 2.75) is 11.4 Å². The first kappa shape index (κ1) is 19.4. The summed E-state index contributed by atoms with van der Waals surface area (Å²) >= 11 is 0. The predicted octanol–water partition coefficient (Wildman–Crippen LogP) is 2.31. The van der Waals surface area contributed by atoms with Crippen molar-refractivity contribution in [1.82, 2.24) is 33.8 Å². The van der Waals surface area contributed by atoms with Crippen molar-refractivity contribution in [1.29, 1.82) is 0 Å². The highest BCUT2D eigenvalue weighted by Gasteiger charge is 2.28. The first-order valence-corrected chi connectivity index (χ1v) is 11.1. The first-order chi connectivity index (χ1) is 14.9. The molecule has 3 N–H and O–H groups in total. The summed E-state index contributed by atoms with van der Waals surface area (Å²) in [5, 5.41) is 0.0475. The molecule has 3 aromatic heterocycles. The molecule has 0 bridgehead atoms. The van der Waals surface area contributed by atoms with Crippen LogP contribution in [-0.4, -0.2) is 55.3 Å². The molecule has 162 valence electrons. The number of aromatic amines is 1. The molecule has 5 rings (SSSR count). The molecular formula is C20H24N8O2S. The number of imidazole rings is 2. The van der Waals surface area contributed by atoms with Gasteiger partial charge in [0.15, 0.2) is 16.7 Å². The van der Waals surface area contributed by atoms with Crippen molar-refractivity contribution in [2.75, 3.05) is 18.8 Å². The summed E-state index contributed by atoms with van der Waals surface area (Å²) in [5.74, 6) is 0.822. The van der Waals surface area contributed by atoms with Crippen molar-refractivity contribution in [3.63, 3.8) is 0 Å². The molecule has 0 saturated carbocycles. The molecule has 0 atom stereocenters. The van der Waals surface area contributed by atoms with Crippen LogP contribution < -0.4 is 5.73 Å². The van der Waals surface area contributed by atoms with Crippen LogP contribution in [0.1, 0.15) is 15.0 Å². The number of sulfonamides is 1. The second-order valence-electron chi connectivity index (χ2n) is 7.31. The monoisotopic (exact) mass is 440 g/mol. The van der Waals surface area contributed by atoms with E-state index in [1.54, 1.807) is 17.8 Å². The number of benzene rings is 1. The molecule has 0 spiro atoms. The number of anilines is 1. The van der Waals surface area contributed by atoms with Gasteiger partial charge >= 0.3 is 0 Å². The van der Waals surface area contributed by atoms with E-state index in [0.29, 0.717) is 30.2 Å². The Morgan fingerprint density at radius 3 is 2.74 bits per heavy atom. The molecule has 1 aliphatic rings. The van der Waals surface area contributed by atoms with E-state index in [9.17, 15) is 8.42 Å². The lowest BCUT2D eigenvalue weighted by Gasteiger charge is -2.24. The van der Waals surface area contributed by atoms with Crippen molar-refractivity contribution in [2.24, 2.45) is 7.05 Å². The summed E-state index contributed by atoms with van der Waals surface area (Å²) in [7, 11) is -1.90. The van der Waals surface area contributed by atoms with E-state index in [2.05, 4.69) is 24.9 Å². The normalized spacial score (nSPS) is 15.3. The fraction of sp³-hybridized carbons (Fsp3) is 0.200. The maximum Gasteiger partial charge on any atom is 0.262 e. The van der Waals surface area contributed by atoms with E-state index in [4.69, 9.17) is 5.73 Å². The molecule has 0 saturated heterocycles. The van der Waals surface area contributed by atoms with Crippen molar-refractivity contribution >= 4 is 32.4 Å². The number of aryl methyl sites for hydroxylation is 1. The smallest absolute Gasteiger partial charge is 0.262 e. The Morgan fingerprint density at radius 2 is 2.03 bits per heavy atom. The average molecular weight is 441 g/mol. The number of para-hydroxylation sites is 2. The third-order valence-corrected chi connectivity index (χ3v) is 6.95. The molecule has 10 nitrogen and oxygen atoms in total. The van der Waals surface area contributed by atoms with E-state index in [0.717, 1.165) is 16.6 Å². The lowest BCUT2D eigenvalue weighted by molar-refractivity contribution is 0.439. The standard InChI is InChI=1S/C20H20N8O2S.2H2/c1-27-11-17(23-12-27)31(29,30)28-8-6-13(7-9-28)16-10-22-19(21)18(24-16)20-25-14-4-2-3-5-15(14)26-20;;/h2-6,10-12H,7-9H2,1H3,(H2,21,22)(H,25,26);2*1H. The van der Waals surface area contributed by atoms with Gasteiger partial charge in [-0.2, -0.15) is 4.31 Å². The number of fused-ring (bicyclic) bond motifs is 1. The van der Waals surface area contributed by atoms with Gasteiger partial charge in [-0.3, -0.25) is 0 Å². The van der Waals surface area contributed by atoms with E-state index in [1.807, 2.05) is 30.3 Å². The zero-order chi connectivity index (χ0) is 21.6. The fourth-order valence-electron chi connectivity index (χ4n) is 3.55. The largest absolute Gasteiger partial charge is 0.382 e. The highest BCUT2D eigenvalue weighted by molar-refractivity contribution is 7.89. The van der Waals surface area contributed by atoms with Gasteiger partial charge in [-0.25, -0.2) is 28.4 Å². The predicted molar refractivity (Wildman–Crippen MR) is 120 cm³/mol. The lowest BCUT2D eigenvalue weighted by Crippen LogP contribution is -2.35. The summed E-state index contributed by atoms with van der Waals surface area (Å²) in [5.41, 5.74) is 9.81. The Balaban J connectivity index is 0.00000153. The number of hydrogen-bond donors (Lipinski definition) is 2. The maximum atomic E-state index is 12.8.